The van der Waals surface area contributed by atoms with Gasteiger partial charge in [0.1, 0.15) is 5.03 Å². The van der Waals surface area contributed by atoms with Crippen LogP contribution in [0, 0.1) is 0 Å². The molecule has 0 aromatic rings. The standard InChI is InChI=1S/C9H12N2O4S/c10-8-7(1-6-16(8,13)14)9(12)11-2-4-15-5-3-11/h1,6H,2-5,10H2. The molecule has 1 amide bonds. The van der Waals surface area contributed by atoms with Crippen molar-refractivity contribution in [1.82, 2.24) is 4.90 Å². The molecule has 7 heteroatoms. The maximum atomic E-state index is 11.9. The molecule has 0 aromatic heterocycles. The molecule has 2 aliphatic rings. The van der Waals surface area contributed by atoms with E-state index in [0.29, 0.717) is 26.3 Å². The molecule has 0 spiro atoms. The van der Waals surface area contributed by atoms with E-state index < -0.39 is 9.84 Å². The van der Waals surface area contributed by atoms with E-state index in [4.69, 9.17) is 10.5 Å². The summed E-state index contributed by atoms with van der Waals surface area (Å²) in [6, 6.07) is 0. The second kappa shape index (κ2) is 3.91. The molecule has 88 valence electrons. The Bertz CT molecular complexity index is 472. The van der Waals surface area contributed by atoms with Gasteiger partial charge in [-0.05, 0) is 6.08 Å². The molecule has 2 N–H and O–H groups in total. The minimum atomic E-state index is -3.56. The molecule has 0 unspecified atom stereocenters. The summed E-state index contributed by atoms with van der Waals surface area (Å²) in [6.07, 6.45) is 1.25. The first-order valence-electron chi connectivity index (χ1n) is 4.82. The predicted octanol–water partition coefficient (Wildman–Crippen LogP) is -1.04. The smallest absolute Gasteiger partial charge is 0.256 e. The molecule has 2 aliphatic heterocycles. The van der Waals surface area contributed by atoms with Crippen molar-refractivity contribution in [3.05, 3.63) is 22.1 Å². The average molecular weight is 244 g/mol. The van der Waals surface area contributed by atoms with Gasteiger partial charge < -0.3 is 15.4 Å². The van der Waals surface area contributed by atoms with E-state index in [1.165, 1.54) is 11.0 Å². The van der Waals surface area contributed by atoms with Crippen LogP contribution in [0.4, 0.5) is 0 Å². The Labute approximate surface area is 93.3 Å². The van der Waals surface area contributed by atoms with Crippen molar-refractivity contribution < 1.29 is 17.9 Å². The summed E-state index contributed by atoms with van der Waals surface area (Å²) >= 11 is 0. The fourth-order valence-corrected chi connectivity index (χ4v) is 2.50. The van der Waals surface area contributed by atoms with Gasteiger partial charge in [0.2, 0.25) is 9.84 Å². The number of rotatable bonds is 1. The molecule has 0 aromatic carbocycles. The molecule has 1 fully saturated rings. The Hall–Kier alpha value is -1.34. The molecule has 0 aliphatic carbocycles. The first kappa shape index (κ1) is 11.2. The van der Waals surface area contributed by atoms with Crippen LogP contribution in [0.25, 0.3) is 0 Å². The fourth-order valence-electron chi connectivity index (χ4n) is 1.58. The molecule has 1 saturated heterocycles. The first-order chi connectivity index (χ1) is 7.52. The van der Waals surface area contributed by atoms with E-state index in [2.05, 4.69) is 0 Å². The van der Waals surface area contributed by atoms with Crippen molar-refractivity contribution in [1.29, 1.82) is 0 Å². The highest BCUT2D eigenvalue weighted by Crippen LogP contribution is 2.20. The molecule has 0 saturated carbocycles. The van der Waals surface area contributed by atoms with E-state index in [9.17, 15) is 13.2 Å². The van der Waals surface area contributed by atoms with Crippen molar-refractivity contribution in [2.45, 2.75) is 0 Å². The van der Waals surface area contributed by atoms with E-state index in [-0.39, 0.29) is 16.5 Å². The molecule has 0 atom stereocenters. The topological polar surface area (TPSA) is 89.7 Å². The van der Waals surface area contributed by atoms with Crippen LogP contribution in [0.2, 0.25) is 0 Å². The summed E-state index contributed by atoms with van der Waals surface area (Å²) in [4.78, 5) is 13.5. The number of carbonyl (C=O) groups excluding carboxylic acids is 1. The lowest BCUT2D eigenvalue weighted by atomic mass is 10.2. The van der Waals surface area contributed by atoms with Gasteiger partial charge in [-0.2, -0.15) is 0 Å². The van der Waals surface area contributed by atoms with Gasteiger partial charge >= 0.3 is 0 Å². The van der Waals surface area contributed by atoms with Gasteiger partial charge in [0.15, 0.2) is 0 Å². The van der Waals surface area contributed by atoms with Crippen LogP contribution in [0.3, 0.4) is 0 Å². The van der Waals surface area contributed by atoms with Gasteiger partial charge in [0, 0.05) is 18.5 Å². The molecule has 0 radical (unpaired) electrons. The lowest BCUT2D eigenvalue weighted by molar-refractivity contribution is -0.130. The zero-order chi connectivity index (χ0) is 11.8. The van der Waals surface area contributed by atoms with Crippen molar-refractivity contribution in [3.63, 3.8) is 0 Å². The van der Waals surface area contributed by atoms with Crippen LogP contribution >= 0.6 is 0 Å². The third kappa shape index (κ3) is 1.83. The highest BCUT2D eigenvalue weighted by atomic mass is 32.2. The normalized spacial score (nSPS) is 23.9. The Morgan fingerprint density at radius 3 is 2.50 bits per heavy atom. The third-order valence-electron chi connectivity index (χ3n) is 2.51. The number of nitrogens with zero attached hydrogens (tertiary/aromatic N) is 1. The van der Waals surface area contributed by atoms with Crippen LogP contribution in [0.1, 0.15) is 0 Å². The second-order valence-electron chi connectivity index (χ2n) is 3.53. The SMILES string of the molecule is NC1=C(C(=O)N2CCOCC2)C=CS1(=O)=O. The van der Waals surface area contributed by atoms with Crippen LogP contribution < -0.4 is 5.73 Å². The number of sulfone groups is 1. The van der Waals surface area contributed by atoms with Gasteiger partial charge in [0.25, 0.3) is 5.91 Å². The van der Waals surface area contributed by atoms with Crippen molar-refractivity contribution in [2.24, 2.45) is 5.73 Å². The van der Waals surface area contributed by atoms with E-state index in [1.54, 1.807) is 0 Å². The Morgan fingerprint density at radius 1 is 1.38 bits per heavy atom. The summed E-state index contributed by atoms with van der Waals surface area (Å²) in [5.41, 5.74) is 5.47. The average Bonchev–Trinajstić information content (AvgIpc) is 2.55. The summed E-state index contributed by atoms with van der Waals surface area (Å²) in [5.74, 6) is -0.349. The summed E-state index contributed by atoms with van der Waals surface area (Å²) in [5, 5.41) is 0.597. The lowest BCUT2D eigenvalue weighted by Gasteiger charge is -2.26. The highest BCUT2D eigenvalue weighted by molar-refractivity contribution is 7.98. The zero-order valence-corrected chi connectivity index (χ0v) is 9.37. The summed E-state index contributed by atoms with van der Waals surface area (Å²) < 4.78 is 27.7. The molecular weight excluding hydrogens is 232 g/mol. The van der Waals surface area contributed by atoms with Gasteiger partial charge in [0.05, 0.1) is 18.8 Å². The molecule has 16 heavy (non-hydrogen) atoms. The summed E-state index contributed by atoms with van der Waals surface area (Å²) in [7, 11) is -3.56. The highest BCUT2D eigenvalue weighted by Gasteiger charge is 2.29. The van der Waals surface area contributed by atoms with Crippen molar-refractivity contribution in [2.75, 3.05) is 26.3 Å². The Morgan fingerprint density at radius 2 is 2.00 bits per heavy atom. The molecule has 6 nitrogen and oxygen atoms in total. The zero-order valence-electron chi connectivity index (χ0n) is 8.55. The quantitative estimate of drug-likeness (QED) is 0.636. The number of morpholine rings is 1. The van der Waals surface area contributed by atoms with Crippen LogP contribution in [-0.4, -0.2) is 45.5 Å². The summed E-state index contributed by atoms with van der Waals surface area (Å²) in [6.45, 7) is 1.86. The Kier molecular flexibility index (Phi) is 2.73. The van der Waals surface area contributed by atoms with Crippen LogP contribution in [0.5, 0.6) is 0 Å². The van der Waals surface area contributed by atoms with Gasteiger partial charge in [-0.25, -0.2) is 8.42 Å². The van der Waals surface area contributed by atoms with Gasteiger partial charge in [-0.1, -0.05) is 0 Å². The van der Waals surface area contributed by atoms with Gasteiger partial charge in [-0.3, -0.25) is 4.79 Å². The van der Waals surface area contributed by atoms with Crippen molar-refractivity contribution >= 4 is 15.7 Å². The molecule has 2 rings (SSSR count). The molecule has 2 heterocycles. The maximum absolute atomic E-state index is 11.9. The largest absolute Gasteiger partial charge is 0.389 e. The second-order valence-corrected chi connectivity index (χ2v) is 5.33. The number of amides is 1. The maximum Gasteiger partial charge on any atom is 0.256 e. The lowest BCUT2D eigenvalue weighted by Crippen LogP contribution is -2.41. The first-order valence-corrected chi connectivity index (χ1v) is 6.37. The third-order valence-corrected chi connectivity index (χ3v) is 3.84. The number of carbonyl (C=O) groups is 1. The number of nitrogens with two attached hydrogens (primary N) is 1. The van der Waals surface area contributed by atoms with E-state index in [0.717, 1.165) is 5.41 Å². The number of ether oxygens (including phenoxy) is 1. The fraction of sp³-hybridized carbons (Fsp3) is 0.444. The van der Waals surface area contributed by atoms with E-state index >= 15 is 0 Å². The molecular formula is C9H12N2O4S. The van der Waals surface area contributed by atoms with Crippen LogP contribution in [-0.2, 0) is 19.4 Å². The Balaban J connectivity index is 2.23. The predicted molar refractivity (Wildman–Crippen MR) is 56.7 cm³/mol. The monoisotopic (exact) mass is 244 g/mol. The van der Waals surface area contributed by atoms with Gasteiger partial charge in [-0.15, -0.1) is 0 Å². The minimum absolute atomic E-state index is 0.0573. The van der Waals surface area contributed by atoms with Crippen LogP contribution in [0.15, 0.2) is 22.1 Å². The van der Waals surface area contributed by atoms with E-state index in [1.807, 2.05) is 0 Å². The number of hydrogen-bond donors (Lipinski definition) is 1. The molecule has 0 bridgehead atoms. The minimum Gasteiger partial charge on any atom is -0.389 e. The number of hydrogen-bond acceptors (Lipinski definition) is 5. The van der Waals surface area contributed by atoms with Crippen molar-refractivity contribution in [3.8, 4) is 0 Å².